The Morgan fingerprint density at radius 3 is 2.19 bits per heavy atom. The molecular formula is C15H10ClN3OS. The summed E-state index contributed by atoms with van der Waals surface area (Å²) in [5.41, 5.74) is 3.75. The van der Waals surface area contributed by atoms with E-state index >= 15 is 0 Å². The Bertz CT molecular complexity index is 740. The van der Waals surface area contributed by atoms with Crippen molar-refractivity contribution in [2.45, 2.75) is 0 Å². The van der Waals surface area contributed by atoms with E-state index in [0.29, 0.717) is 21.3 Å². The number of rotatable bonds is 4. The molecule has 3 rings (SSSR count). The smallest absolute Gasteiger partial charge is 0.209 e. The van der Waals surface area contributed by atoms with Crippen molar-refractivity contribution in [1.29, 1.82) is 0 Å². The number of nitrogens with one attached hydrogen (secondary N) is 1. The van der Waals surface area contributed by atoms with E-state index < -0.39 is 0 Å². The summed E-state index contributed by atoms with van der Waals surface area (Å²) in [7, 11) is 0. The fraction of sp³-hybridized carbons (Fsp3) is 0. The van der Waals surface area contributed by atoms with Crippen LogP contribution in [0.2, 0.25) is 5.02 Å². The Morgan fingerprint density at radius 1 is 1.00 bits per heavy atom. The predicted octanol–water partition coefficient (Wildman–Crippen LogP) is 4.17. The molecule has 0 aliphatic rings. The second kappa shape index (κ2) is 6.03. The lowest BCUT2D eigenvalue weighted by atomic mass is 10.0. The van der Waals surface area contributed by atoms with Gasteiger partial charge in [-0.15, -0.1) is 10.2 Å². The Morgan fingerprint density at radius 2 is 1.62 bits per heavy atom. The topological polar surface area (TPSA) is 54.9 Å². The van der Waals surface area contributed by atoms with E-state index in [1.807, 2.05) is 12.1 Å². The molecule has 0 aliphatic carbocycles. The number of carbonyl (C=O) groups is 1. The largest absolute Gasteiger partial charge is 0.330 e. The maximum atomic E-state index is 12.3. The molecule has 4 nitrogen and oxygen atoms in total. The number of anilines is 2. The summed E-state index contributed by atoms with van der Waals surface area (Å²) in [6.07, 6.45) is 0. The number of aromatic nitrogens is 2. The van der Waals surface area contributed by atoms with Crippen molar-refractivity contribution in [1.82, 2.24) is 10.2 Å². The molecule has 0 aliphatic heterocycles. The summed E-state index contributed by atoms with van der Waals surface area (Å²) in [5.74, 6) is -0.0332. The van der Waals surface area contributed by atoms with Gasteiger partial charge in [0, 0.05) is 21.8 Å². The molecule has 0 saturated carbocycles. The fourth-order valence-corrected chi connectivity index (χ4v) is 2.42. The molecule has 3 aromatic rings. The number of nitrogens with zero attached hydrogens (tertiary/aromatic N) is 2. The molecule has 0 spiro atoms. The van der Waals surface area contributed by atoms with Crippen molar-refractivity contribution in [3.8, 4) is 0 Å². The Balaban J connectivity index is 1.77. The zero-order chi connectivity index (χ0) is 14.7. The quantitative estimate of drug-likeness (QED) is 0.734. The van der Waals surface area contributed by atoms with Gasteiger partial charge in [-0.2, -0.15) is 0 Å². The van der Waals surface area contributed by atoms with Crippen molar-refractivity contribution in [2.24, 2.45) is 0 Å². The fourth-order valence-electron chi connectivity index (χ4n) is 1.82. The third kappa shape index (κ3) is 3.26. The van der Waals surface area contributed by atoms with Gasteiger partial charge in [0.2, 0.25) is 5.13 Å². The highest BCUT2D eigenvalue weighted by atomic mass is 35.5. The summed E-state index contributed by atoms with van der Waals surface area (Å²) < 4.78 is 0. The first-order valence-electron chi connectivity index (χ1n) is 6.16. The Hall–Kier alpha value is -2.24. The average molecular weight is 316 g/mol. The zero-order valence-electron chi connectivity index (χ0n) is 10.8. The van der Waals surface area contributed by atoms with Crippen LogP contribution in [0, 0.1) is 0 Å². The molecule has 0 amide bonds. The van der Waals surface area contributed by atoms with E-state index in [1.165, 1.54) is 11.3 Å². The third-order valence-corrected chi connectivity index (χ3v) is 3.72. The summed E-state index contributed by atoms with van der Waals surface area (Å²) in [4.78, 5) is 12.3. The van der Waals surface area contributed by atoms with Gasteiger partial charge in [0.05, 0.1) is 0 Å². The van der Waals surface area contributed by atoms with Gasteiger partial charge in [-0.25, -0.2) is 0 Å². The van der Waals surface area contributed by atoms with Crippen LogP contribution in [0.3, 0.4) is 0 Å². The summed E-state index contributed by atoms with van der Waals surface area (Å²) >= 11 is 7.23. The molecule has 0 fully saturated rings. The van der Waals surface area contributed by atoms with Gasteiger partial charge in [0.25, 0.3) is 0 Å². The van der Waals surface area contributed by atoms with Gasteiger partial charge in [-0.1, -0.05) is 22.9 Å². The van der Waals surface area contributed by atoms with E-state index in [9.17, 15) is 4.79 Å². The van der Waals surface area contributed by atoms with Gasteiger partial charge < -0.3 is 5.32 Å². The molecule has 1 heterocycles. The molecule has 0 atom stereocenters. The van der Waals surface area contributed by atoms with Crippen molar-refractivity contribution in [3.05, 3.63) is 70.2 Å². The summed E-state index contributed by atoms with van der Waals surface area (Å²) in [6.45, 7) is 0. The van der Waals surface area contributed by atoms with E-state index in [-0.39, 0.29) is 5.78 Å². The SMILES string of the molecule is O=C(c1ccc(Cl)cc1)c1ccc(Nc2nncs2)cc1. The minimum absolute atomic E-state index is 0.0332. The Kier molecular flexibility index (Phi) is 3.94. The minimum atomic E-state index is -0.0332. The first-order valence-corrected chi connectivity index (χ1v) is 7.42. The van der Waals surface area contributed by atoms with Crippen LogP contribution >= 0.6 is 22.9 Å². The molecule has 0 radical (unpaired) electrons. The molecule has 2 aromatic carbocycles. The van der Waals surface area contributed by atoms with Crippen LogP contribution < -0.4 is 5.32 Å². The van der Waals surface area contributed by atoms with E-state index in [2.05, 4.69) is 15.5 Å². The number of hydrogen-bond donors (Lipinski definition) is 1. The number of benzene rings is 2. The molecule has 6 heteroatoms. The predicted molar refractivity (Wildman–Crippen MR) is 84.5 cm³/mol. The second-order valence-corrected chi connectivity index (χ2v) is 5.55. The number of halogens is 1. The second-order valence-electron chi connectivity index (χ2n) is 4.28. The lowest BCUT2D eigenvalue weighted by Gasteiger charge is -2.04. The average Bonchev–Trinajstić information content (AvgIpc) is 3.01. The maximum absolute atomic E-state index is 12.3. The number of hydrogen-bond acceptors (Lipinski definition) is 5. The van der Waals surface area contributed by atoms with Crippen molar-refractivity contribution >= 4 is 39.5 Å². The first kappa shape index (κ1) is 13.7. The summed E-state index contributed by atoms with van der Waals surface area (Å²) in [6, 6.07) is 14.1. The van der Waals surface area contributed by atoms with Gasteiger partial charge in [0.15, 0.2) is 5.78 Å². The summed E-state index contributed by atoms with van der Waals surface area (Å²) in [5, 5.41) is 12.1. The van der Waals surface area contributed by atoms with E-state index in [0.717, 1.165) is 5.69 Å². The van der Waals surface area contributed by atoms with Crippen LogP contribution in [0.4, 0.5) is 10.8 Å². The molecule has 104 valence electrons. The monoisotopic (exact) mass is 315 g/mol. The van der Waals surface area contributed by atoms with Crippen molar-refractivity contribution in [3.63, 3.8) is 0 Å². The highest BCUT2D eigenvalue weighted by Gasteiger charge is 2.09. The molecule has 0 saturated heterocycles. The molecule has 1 N–H and O–H groups in total. The van der Waals surface area contributed by atoms with Crippen LogP contribution in [0.1, 0.15) is 15.9 Å². The van der Waals surface area contributed by atoms with Gasteiger partial charge >= 0.3 is 0 Å². The van der Waals surface area contributed by atoms with E-state index in [1.54, 1.807) is 41.9 Å². The van der Waals surface area contributed by atoms with Crippen LogP contribution in [0.5, 0.6) is 0 Å². The lowest BCUT2D eigenvalue weighted by Crippen LogP contribution is -2.01. The molecule has 21 heavy (non-hydrogen) atoms. The van der Waals surface area contributed by atoms with Gasteiger partial charge in [0.1, 0.15) is 5.51 Å². The van der Waals surface area contributed by atoms with E-state index in [4.69, 9.17) is 11.6 Å². The first-order chi connectivity index (χ1) is 10.2. The maximum Gasteiger partial charge on any atom is 0.209 e. The van der Waals surface area contributed by atoms with Crippen LogP contribution in [0.15, 0.2) is 54.0 Å². The minimum Gasteiger partial charge on any atom is -0.330 e. The highest BCUT2D eigenvalue weighted by Crippen LogP contribution is 2.19. The van der Waals surface area contributed by atoms with Gasteiger partial charge in [-0.3, -0.25) is 4.79 Å². The molecule has 0 unspecified atom stereocenters. The number of ketones is 1. The van der Waals surface area contributed by atoms with Crippen LogP contribution in [-0.2, 0) is 0 Å². The Labute approximate surface area is 130 Å². The molecule has 0 bridgehead atoms. The van der Waals surface area contributed by atoms with Crippen molar-refractivity contribution in [2.75, 3.05) is 5.32 Å². The van der Waals surface area contributed by atoms with Crippen molar-refractivity contribution < 1.29 is 4.79 Å². The highest BCUT2D eigenvalue weighted by molar-refractivity contribution is 7.13. The normalized spacial score (nSPS) is 10.3. The van der Waals surface area contributed by atoms with Gasteiger partial charge in [-0.05, 0) is 48.5 Å². The molecular weight excluding hydrogens is 306 g/mol. The van der Waals surface area contributed by atoms with Crippen LogP contribution in [0.25, 0.3) is 0 Å². The standard InChI is InChI=1S/C15H10ClN3OS/c16-12-5-1-10(2-6-12)14(20)11-3-7-13(8-4-11)18-15-19-17-9-21-15/h1-9H,(H,18,19). The lowest BCUT2D eigenvalue weighted by molar-refractivity contribution is 0.103. The zero-order valence-corrected chi connectivity index (χ0v) is 12.4. The van der Waals surface area contributed by atoms with Crippen LogP contribution in [-0.4, -0.2) is 16.0 Å². The third-order valence-electron chi connectivity index (χ3n) is 2.86. The number of carbonyl (C=O) groups excluding carboxylic acids is 1. The molecule has 1 aromatic heterocycles.